The van der Waals surface area contributed by atoms with E-state index in [1.165, 1.54) is 0 Å². The predicted molar refractivity (Wildman–Crippen MR) is 125 cm³/mol. The number of benzene rings is 2. The Labute approximate surface area is 194 Å². The third-order valence-corrected chi connectivity index (χ3v) is 6.19. The van der Waals surface area contributed by atoms with Gasteiger partial charge in [-0.1, -0.05) is 50.6 Å². The molecule has 1 aliphatic rings. The van der Waals surface area contributed by atoms with Crippen LogP contribution in [0, 0.1) is 17.2 Å². The summed E-state index contributed by atoms with van der Waals surface area (Å²) in [4.78, 5) is 40.7. The van der Waals surface area contributed by atoms with Gasteiger partial charge in [-0.15, -0.1) is 0 Å². The molecule has 2 aromatic carbocycles. The molecule has 0 spiro atoms. The summed E-state index contributed by atoms with van der Waals surface area (Å²) in [5.74, 6) is -0.796. The quantitative estimate of drug-likeness (QED) is 0.651. The molecule has 1 aliphatic heterocycles. The van der Waals surface area contributed by atoms with Gasteiger partial charge in [-0.2, -0.15) is 5.26 Å². The third kappa shape index (κ3) is 5.98. The van der Waals surface area contributed by atoms with E-state index in [-0.39, 0.29) is 23.6 Å². The second-order valence-corrected chi connectivity index (χ2v) is 8.42. The smallest absolute Gasteiger partial charge is 0.251 e. The maximum Gasteiger partial charge on any atom is 0.251 e. The highest BCUT2D eigenvalue weighted by atomic mass is 16.2. The van der Waals surface area contributed by atoms with E-state index in [0.717, 1.165) is 18.4 Å². The molecule has 1 heterocycles. The fourth-order valence-corrected chi connectivity index (χ4v) is 3.98. The number of nitrogens with zero attached hydrogens (tertiary/aromatic N) is 2. The zero-order valence-corrected chi connectivity index (χ0v) is 19.1. The van der Waals surface area contributed by atoms with Crippen LogP contribution < -0.4 is 10.6 Å². The van der Waals surface area contributed by atoms with Gasteiger partial charge >= 0.3 is 0 Å². The number of nitrogens with one attached hydrogen (secondary N) is 2. The Morgan fingerprint density at radius 3 is 2.45 bits per heavy atom. The van der Waals surface area contributed by atoms with Crippen molar-refractivity contribution >= 4 is 17.7 Å². The van der Waals surface area contributed by atoms with Crippen LogP contribution in [0.4, 0.5) is 0 Å². The molecule has 1 saturated heterocycles. The summed E-state index contributed by atoms with van der Waals surface area (Å²) in [5, 5.41) is 14.7. The lowest BCUT2D eigenvalue weighted by molar-refractivity contribution is -0.140. The molecule has 1 fully saturated rings. The first-order valence-electron chi connectivity index (χ1n) is 11.4. The van der Waals surface area contributed by atoms with Crippen LogP contribution in [-0.2, 0) is 16.1 Å². The number of nitriles is 1. The molecular weight excluding hydrogens is 416 g/mol. The van der Waals surface area contributed by atoms with Crippen LogP contribution in [-0.4, -0.2) is 41.2 Å². The van der Waals surface area contributed by atoms with Gasteiger partial charge in [-0.05, 0) is 48.6 Å². The SMILES string of the molecule is CCC(C)[C@H](NC(=O)c1ccccc1)C(=O)N1CCC[C@H]1C(=O)NCc1ccc(C#N)cc1. The maximum absolute atomic E-state index is 13.5. The molecule has 2 N–H and O–H groups in total. The largest absolute Gasteiger partial charge is 0.350 e. The maximum atomic E-state index is 13.5. The van der Waals surface area contributed by atoms with E-state index < -0.39 is 12.1 Å². The van der Waals surface area contributed by atoms with Gasteiger partial charge in [-0.3, -0.25) is 14.4 Å². The van der Waals surface area contributed by atoms with E-state index >= 15 is 0 Å². The van der Waals surface area contributed by atoms with Crippen molar-refractivity contribution in [3.05, 3.63) is 71.3 Å². The highest BCUT2D eigenvalue weighted by molar-refractivity contribution is 5.98. The fourth-order valence-electron chi connectivity index (χ4n) is 3.98. The summed E-state index contributed by atoms with van der Waals surface area (Å²) < 4.78 is 0. The number of rotatable bonds is 8. The topological polar surface area (TPSA) is 102 Å². The first-order valence-corrected chi connectivity index (χ1v) is 11.4. The molecule has 7 nitrogen and oxygen atoms in total. The number of amides is 3. The average molecular weight is 447 g/mol. The van der Waals surface area contributed by atoms with Crippen molar-refractivity contribution in [3.8, 4) is 6.07 Å². The summed E-state index contributed by atoms with van der Waals surface area (Å²) in [7, 11) is 0. The Balaban J connectivity index is 1.67. The molecule has 0 aliphatic carbocycles. The van der Waals surface area contributed by atoms with Crippen molar-refractivity contribution in [3.63, 3.8) is 0 Å². The third-order valence-electron chi connectivity index (χ3n) is 6.19. The van der Waals surface area contributed by atoms with Crippen LogP contribution in [0.5, 0.6) is 0 Å². The standard InChI is InChI=1S/C26H30N4O3/c1-3-18(2)23(29-24(31)21-8-5-4-6-9-21)26(33)30-15-7-10-22(30)25(32)28-17-20-13-11-19(16-27)12-14-20/h4-6,8-9,11-14,18,22-23H,3,7,10,15,17H2,1-2H3,(H,28,32)(H,29,31)/t18?,22-,23-/m0/s1. The average Bonchev–Trinajstić information content (AvgIpc) is 3.36. The lowest BCUT2D eigenvalue weighted by Gasteiger charge is -2.31. The predicted octanol–water partition coefficient (Wildman–Crippen LogP) is 3.01. The Morgan fingerprint density at radius 2 is 1.82 bits per heavy atom. The van der Waals surface area contributed by atoms with E-state index in [0.29, 0.717) is 30.6 Å². The summed E-state index contributed by atoms with van der Waals surface area (Å²) in [5.41, 5.74) is 1.94. The number of hydrogen-bond acceptors (Lipinski definition) is 4. The Hall–Kier alpha value is -3.66. The highest BCUT2D eigenvalue weighted by Gasteiger charge is 2.39. The molecule has 0 aromatic heterocycles. The fraction of sp³-hybridized carbons (Fsp3) is 0.385. The van der Waals surface area contributed by atoms with Crippen molar-refractivity contribution < 1.29 is 14.4 Å². The molecular formula is C26H30N4O3. The highest BCUT2D eigenvalue weighted by Crippen LogP contribution is 2.22. The summed E-state index contributed by atoms with van der Waals surface area (Å²) in [6.45, 7) is 4.72. The minimum Gasteiger partial charge on any atom is -0.350 e. The van der Waals surface area contributed by atoms with Crippen LogP contribution in [0.25, 0.3) is 0 Å². The van der Waals surface area contributed by atoms with Gasteiger partial charge in [0.2, 0.25) is 11.8 Å². The number of carbonyl (C=O) groups excluding carboxylic acids is 3. The zero-order chi connectivity index (χ0) is 23.8. The van der Waals surface area contributed by atoms with Crippen molar-refractivity contribution in [1.82, 2.24) is 15.5 Å². The first kappa shape index (κ1) is 24.0. The number of hydrogen-bond donors (Lipinski definition) is 2. The molecule has 0 radical (unpaired) electrons. The van der Waals surface area contributed by atoms with Gasteiger partial charge in [0.25, 0.3) is 5.91 Å². The molecule has 0 saturated carbocycles. The zero-order valence-electron chi connectivity index (χ0n) is 19.1. The van der Waals surface area contributed by atoms with Crippen LogP contribution in [0.1, 0.15) is 54.6 Å². The van der Waals surface area contributed by atoms with Gasteiger partial charge in [-0.25, -0.2) is 0 Å². The molecule has 3 amide bonds. The molecule has 3 rings (SSSR count). The molecule has 172 valence electrons. The van der Waals surface area contributed by atoms with Crippen molar-refractivity contribution in [2.45, 2.75) is 51.7 Å². The monoisotopic (exact) mass is 446 g/mol. The molecule has 1 unspecified atom stereocenters. The van der Waals surface area contributed by atoms with Crippen LogP contribution in [0.2, 0.25) is 0 Å². The molecule has 33 heavy (non-hydrogen) atoms. The van der Waals surface area contributed by atoms with Gasteiger partial charge in [0.05, 0.1) is 11.6 Å². The van der Waals surface area contributed by atoms with Crippen LogP contribution >= 0.6 is 0 Å². The Kier molecular flexibility index (Phi) is 8.20. The van der Waals surface area contributed by atoms with E-state index in [1.54, 1.807) is 53.4 Å². The normalized spacial score (nSPS) is 17.0. The molecule has 7 heteroatoms. The van der Waals surface area contributed by atoms with Gasteiger partial charge in [0, 0.05) is 18.7 Å². The Bertz CT molecular complexity index is 1010. The van der Waals surface area contributed by atoms with Gasteiger partial charge in [0.1, 0.15) is 12.1 Å². The van der Waals surface area contributed by atoms with E-state index in [4.69, 9.17) is 5.26 Å². The lowest BCUT2D eigenvalue weighted by Crippen LogP contribution is -2.55. The number of likely N-dealkylation sites (tertiary alicyclic amines) is 1. The second kappa shape index (κ2) is 11.3. The summed E-state index contributed by atoms with van der Waals surface area (Å²) in [6, 6.07) is 16.6. The van der Waals surface area contributed by atoms with Crippen molar-refractivity contribution in [2.24, 2.45) is 5.92 Å². The summed E-state index contributed by atoms with van der Waals surface area (Å²) >= 11 is 0. The van der Waals surface area contributed by atoms with E-state index in [9.17, 15) is 14.4 Å². The first-order chi connectivity index (χ1) is 15.9. The second-order valence-electron chi connectivity index (χ2n) is 8.42. The van der Waals surface area contributed by atoms with Crippen LogP contribution in [0.15, 0.2) is 54.6 Å². The number of carbonyl (C=O) groups is 3. The van der Waals surface area contributed by atoms with E-state index in [1.807, 2.05) is 19.9 Å². The van der Waals surface area contributed by atoms with E-state index in [2.05, 4.69) is 16.7 Å². The van der Waals surface area contributed by atoms with Gasteiger partial charge < -0.3 is 15.5 Å². The summed E-state index contributed by atoms with van der Waals surface area (Å²) in [6.07, 6.45) is 2.04. The molecule has 0 bridgehead atoms. The minimum atomic E-state index is -0.699. The molecule has 3 atom stereocenters. The van der Waals surface area contributed by atoms with Crippen molar-refractivity contribution in [1.29, 1.82) is 5.26 Å². The Morgan fingerprint density at radius 1 is 1.12 bits per heavy atom. The molecule has 2 aromatic rings. The van der Waals surface area contributed by atoms with Gasteiger partial charge in [0.15, 0.2) is 0 Å². The minimum absolute atomic E-state index is 0.0758. The van der Waals surface area contributed by atoms with Crippen LogP contribution in [0.3, 0.4) is 0 Å². The lowest BCUT2D eigenvalue weighted by atomic mass is 9.97. The van der Waals surface area contributed by atoms with Crippen molar-refractivity contribution in [2.75, 3.05) is 6.54 Å².